The molecule has 0 saturated heterocycles. The van der Waals surface area contributed by atoms with E-state index in [1.807, 2.05) is 10.8 Å². The molecule has 1 rings (SSSR count). The van der Waals surface area contributed by atoms with Crippen LogP contribution in [0.1, 0.15) is 31.9 Å². The molecule has 0 bridgehead atoms. The first-order valence-corrected chi connectivity index (χ1v) is 4.95. The molecule has 0 amide bonds. The maximum absolute atomic E-state index is 10.3. The lowest BCUT2D eigenvalue weighted by molar-refractivity contribution is -0.136. The highest BCUT2D eigenvalue weighted by molar-refractivity contribution is 5.66. The lowest BCUT2D eigenvalue weighted by Gasteiger charge is -1.97. The van der Waals surface area contributed by atoms with Crippen molar-refractivity contribution in [1.29, 1.82) is 0 Å². The van der Waals surface area contributed by atoms with Crippen LogP contribution in [0.3, 0.4) is 0 Å². The SMILES string of the molecule is CCCCn1cnc(CCC(=O)O)c1. The van der Waals surface area contributed by atoms with E-state index in [4.69, 9.17) is 5.11 Å². The van der Waals surface area contributed by atoms with Crippen molar-refractivity contribution >= 4 is 5.97 Å². The Bertz CT molecular complexity index is 294. The van der Waals surface area contributed by atoms with Gasteiger partial charge >= 0.3 is 5.97 Å². The topological polar surface area (TPSA) is 55.1 Å². The molecule has 0 aliphatic rings. The number of hydrogen-bond donors (Lipinski definition) is 1. The predicted molar refractivity (Wildman–Crippen MR) is 53.1 cm³/mol. The van der Waals surface area contributed by atoms with Crippen LogP contribution in [0, 0.1) is 0 Å². The number of aryl methyl sites for hydroxylation is 2. The summed E-state index contributed by atoms with van der Waals surface area (Å²) in [6, 6.07) is 0. The molecule has 1 heterocycles. The zero-order valence-corrected chi connectivity index (χ0v) is 8.44. The van der Waals surface area contributed by atoms with Gasteiger partial charge in [-0.15, -0.1) is 0 Å². The third-order valence-electron chi connectivity index (χ3n) is 2.05. The number of hydrogen-bond acceptors (Lipinski definition) is 2. The summed E-state index contributed by atoms with van der Waals surface area (Å²) in [4.78, 5) is 14.5. The summed E-state index contributed by atoms with van der Waals surface area (Å²) < 4.78 is 2.01. The van der Waals surface area contributed by atoms with Gasteiger partial charge in [0.05, 0.1) is 18.4 Å². The van der Waals surface area contributed by atoms with Crippen LogP contribution < -0.4 is 0 Å². The van der Waals surface area contributed by atoms with Crippen LogP contribution in [0.2, 0.25) is 0 Å². The van der Waals surface area contributed by atoms with Crippen LogP contribution in [-0.2, 0) is 17.8 Å². The molecule has 4 heteroatoms. The summed E-state index contributed by atoms with van der Waals surface area (Å²) in [5, 5.41) is 8.49. The van der Waals surface area contributed by atoms with Gasteiger partial charge in [0.25, 0.3) is 0 Å². The minimum atomic E-state index is -0.770. The van der Waals surface area contributed by atoms with Gasteiger partial charge in [-0.2, -0.15) is 0 Å². The molecule has 0 aliphatic heterocycles. The molecule has 0 aliphatic carbocycles. The minimum absolute atomic E-state index is 0.158. The second-order valence-corrected chi connectivity index (χ2v) is 3.35. The zero-order valence-electron chi connectivity index (χ0n) is 8.44. The van der Waals surface area contributed by atoms with Crippen LogP contribution in [0.4, 0.5) is 0 Å². The standard InChI is InChI=1S/C10H16N2O2/c1-2-3-6-12-7-9(11-8-12)4-5-10(13)14/h7-8H,2-6H2,1H3,(H,13,14). The summed E-state index contributed by atoms with van der Waals surface area (Å²) in [7, 11) is 0. The number of aromatic nitrogens is 2. The Morgan fingerprint density at radius 1 is 1.64 bits per heavy atom. The molecular weight excluding hydrogens is 180 g/mol. The summed E-state index contributed by atoms with van der Waals surface area (Å²) in [5.74, 6) is -0.770. The first kappa shape index (κ1) is 10.8. The quantitative estimate of drug-likeness (QED) is 0.753. The summed E-state index contributed by atoms with van der Waals surface area (Å²) in [6.07, 6.45) is 6.67. The predicted octanol–water partition coefficient (Wildman–Crippen LogP) is 1.70. The Hall–Kier alpha value is -1.32. The molecule has 78 valence electrons. The molecule has 0 radical (unpaired) electrons. The number of imidazole rings is 1. The first-order chi connectivity index (χ1) is 6.72. The van der Waals surface area contributed by atoms with Crippen molar-refractivity contribution in [2.75, 3.05) is 0 Å². The molecule has 0 atom stereocenters. The van der Waals surface area contributed by atoms with E-state index >= 15 is 0 Å². The van der Waals surface area contributed by atoms with Crippen LogP contribution in [0.5, 0.6) is 0 Å². The molecule has 1 N–H and O–H groups in total. The lowest BCUT2D eigenvalue weighted by Crippen LogP contribution is -1.97. The highest BCUT2D eigenvalue weighted by Crippen LogP contribution is 2.02. The Kier molecular flexibility index (Phi) is 4.16. The van der Waals surface area contributed by atoms with Crippen LogP contribution in [-0.4, -0.2) is 20.6 Å². The van der Waals surface area contributed by atoms with Crippen molar-refractivity contribution in [3.05, 3.63) is 18.2 Å². The van der Waals surface area contributed by atoms with Gasteiger partial charge < -0.3 is 9.67 Å². The number of carbonyl (C=O) groups is 1. The van der Waals surface area contributed by atoms with E-state index in [9.17, 15) is 4.79 Å². The number of nitrogens with zero attached hydrogens (tertiary/aromatic N) is 2. The molecule has 0 fully saturated rings. The van der Waals surface area contributed by atoms with E-state index in [0.29, 0.717) is 6.42 Å². The van der Waals surface area contributed by atoms with Crippen molar-refractivity contribution in [2.45, 2.75) is 39.2 Å². The van der Waals surface area contributed by atoms with Crippen LogP contribution in [0.15, 0.2) is 12.5 Å². The average Bonchev–Trinajstić information content (AvgIpc) is 2.59. The first-order valence-electron chi connectivity index (χ1n) is 4.95. The zero-order chi connectivity index (χ0) is 10.4. The molecule has 4 nitrogen and oxygen atoms in total. The number of unbranched alkanes of at least 4 members (excludes halogenated alkanes) is 1. The van der Waals surface area contributed by atoms with E-state index < -0.39 is 5.97 Å². The molecule has 0 spiro atoms. The van der Waals surface area contributed by atoms with Gasteiger partial charge in [-0.05, 0) is 6.42 Å². The fraction of sp³-hybridized carbons (Fsp3) is 0.600. The Labute approximate surface area is 83.6 Å². The van der Waals surface area contributed by atoms with E-state index in [2.05, 4.69) is 11.9 Å². The van der Waals surface area contributed by atoms with E-state index in [0.717, 1.165) is 25.1 Å². The van der Waals surface area contributed by atoms with Crippen molar-refractivity contribution < 1.29 is 9.90 Å². The monoisotopic (exact) mass is 196 g/mol. The van der Waals surface area contributed by atoms with Crippen molar-refractivity contribution in [3.63, 3.8) is 0 Å². The van der Waals surface area contributed by atoms with Gasteiger partial charge in [-0.25, -0.2) is 4.98 Å². The Morgan fingerprint density at radius 3 is 3.07 bits per heavy atom. The molecule has 1 aromatic heterocycles. The van der Waals surface area contributed by atoms with E-state index in [1.165, 1.54) is 0 Å². The fourth-order valence-electron chi connectivity index (χ4n) is 1.23. The second-order valence-electron chi connectivity index (χ2n) is 3.35. The van der Waals surface area contributed by atoms with Gasteiger partial charge in [-0.1, -0.05) is 13.3 Å². The molecule has 1 aromatic rings. The second kappa shape index (κ2) is 5.42. The molecule has 0 aromatic carbocycles. The van der Waals surface area contributed by atoms with Gasteiger partial charge in [-0.3, -0.25) is 4.79 Å². The van der Waals surface area contributed by atoms with Crippen LogP contribution >= 0.6 is 0 Å². The average molecular weight is 196 g/mol. The van der Waals surface area contributed by atoms with Crippen molar-refractivity contribution in [3.8, 4) is 0 Å². The molecule has 0 saturated carbocycles. The largest absolute Gasteiger partial charge is 0.481 e. The molecular formula is C10H16N2O2. The fourth-order valence-corrected chi connectivity index (χ4v) is 1.23. The normalized spacial score (nSPS) is 10.4. The number of rotatable bonds is 6. The third kappa shape index (κ3) is 3.60. The highest BCUT2D eigenvalue weighted by atomic mass is 16.4. The number of carboxylic acids is 1. The van der Waals surface area contributed by atoms with Crippen molar-refractivity contribution in [2.24, 2.45) is 0 Å². The Balaban J connectivity index is 2.38. The van der Waals surface area contributed by atoms with Gasteiger partial charge in [0.1, 0.15) is 0 Å². The van der Waals surface area contributed by atoms with Gasteiger partial charge in [0.15, 0.2) is 0 Å². The minimum Gasteiger partial charge on any atom is -0.481 e. The summed E-state index contributed by atoms with van der Waals surface area (Å²) >= 11 is 0. The highest BCUT2D eigenvalue weighted by Gasteiger charge is 2.01. The van der Waals surface area contributed by atoms with Gasteiger partial charge in [0, 0.05) is 19.2 Å². The number of aliphatic carboxylic acids is 1. The number of carboxylic acid groups (broad SMARTS) is 1. The van der Waals surface area contributed by atoms with Crippen molar-refractivity contribution in [1.82, 2.24) is 9.55 Å². The maximum Gasteiger partial charge on any atom is 0.303 e. The smallest absolute Gasteiger partial charge is 0.303 e. The van der Waals surface area contributed by atoms with Crippen LogP contribution in [0.25, 0.3) is 0 Å². The molecule has 14 heavy (non-hydrogen) atoms. The molecule has 0 unspecified atom stereocenters. The third-order valence-corrected chi connectivity index (χ3v) is 2.05. The lowest BCUT2D eigenvalue weighted by atomic mass is 10.2. The van der Waals surface area contributed by atoms with E-state index in [-0.39, 0.29) is 6.42 Å². The maximum atomic E-state index is 10.3. The summed E-state index contributed by atoms with van der Waals surface area (Å²) in [6.45, 7) is 3.11. The van der Waals surface area contributed by atoms with Gasteiger partial charge in [0.2, 0.25) is 0 Å². The Morgan fingerprint density at radius 2 is 2.43 bits per heavy atom. The summed E-state index contributed by atoms with van der Waals surface area (Å²) in [5.41, 5.74) is 0.864. The van der Waals surface area contributed by atoms with E-state index in [1.54, 1.807) is 6.33 Å².